The van der Waals surface area contributed by atoms with E-state index in [2.05, 4.69) is 0 Å². The van der Waals surface area contributed by atoms with Gasteiger partial charge in [-0.3, -0.25) is 0 Å². The number of benzene rings is 4. The van der Waals surface area contributed by atoms with Gasteiger partial charge in [0.2, 0.25) is 0 Å². The molecular formula is C26H21Cl4OP. The van der Waals surface area contributed by atoms with E-state index in [9.17, 15) is 0 Å². The van der Waals surface area contributed by atoms with E-state index in [0.29, 0.717) is 20.1 Å². The zero-order valence-electron chi connectivity index (χ0n) is 17.3. The van der Waals surface area contributed by atoms with Gasteiger partial charge in [-0.2, -0.15) is 0 Å². The number of rotatable bonds is 4. The molecule has 32 heavy (non-hydrogen) atoms. The second-order valence-electron chi connectivity index (χ2n) is 6.77. The molecule has 0 aromatic heterocycles. The van der Waals surface area contributed by atoms with Crippen LogP contribution < -0.4 is 26.3 Å². The molecule has 0 aliphatic heterocycles. The summed E-state index contributed by atoms with van der Waals surface area (Å²) in [6.07, 6.45) is 0. The zero-order chi connectivity index (χ0) is 23.1. The number of halogens is 4. The Morgan fingerprint density at radius 2 is 0.688 bits per heavy atom. The molecule has 4 aromatic rings. The summed E-state index contributed by atoms with van der Waals surface area (Å²) in [5.41, 5.74) is 0. The van der Waals surface area contributed by atoms with Crippen molar-refractivity contribution in [1.29, 1.82) is 0 Å². The first kappa shape index (κ1) is 25.1. The first-order chi connectivity index (χ1) is 15.5. The van der Waals surface area contributed by atoms with Gasteiger partial charge in [-0.15, -0.1) is 6.61 Å². The van der Waals surface area contributed by atoms with Crippen molar-refractivity contribution in [1.82, 2.24) is 0 Å². The molecule has 0 unspecified atom stereocenters. The summed E-state index contributed by atoms with van der Waals surface area (Å²) in [5.74, 6) is 0. The molecule has 4 rings (SSSR count). The van der Waals surface area contributed by atoms with Gasteiger partial charge in [-0.1, -0.05) is 102 Å². The van der Waals surface area contributed by atoms with Crippen molar-refractivity contribution >= 4 is 74.9 Å². The lowest BCUT2D eigenvalue weighted by molar-refractivity contribution is -0.361. The molecule has 1 nitrogen and oxygen atoms in total. The van der Waals surface area contributed by atoms with Crippen LogP contribution in [0.4, 0.5) is 0 Å². The SMILES string of the molecule is CC[O-].Clc1ccccc1[P+](c1ccccc1Cl)(c1ccccc1Cl)c1ccccc1Cl. The average Bonchev–Trinajstić information content (AvgIpc) is 2.79. The van der Waals surface area contributed by atoms with Crippen molar-refractivity contribution < 1.29 is 5.11 Å². The summed E-state index contributed by atoms with van der Waals surface area (Å²) in [4.78, 5) is 0. The highest BCUT2D eigenvalue weighted by Gasteiger charge is 2.52. The van der Waals surface area contributed by atoms with E-state index in [1.807, 2.05) is 97.1 Å². The minimum Gasteiger partial charge on any atom is -0.855 e. The molecule has 164 valence electrons. The molecule has 0 saturated heterocycles. The molecule has 0 spiro atoms. The molecule has 0 atom stereocenters. The second kappa shape index (κ2) is 11.5. The van der Waals surface area contributed by atoms with Gasteiger partial charge >= 0.3 is 0 Å². The van der Waals surface area contributed by atoms with Gasteiger partial charge in [0.05, 0.1) is 20.1 Å². The van der Waals surface area contributed by atoms with E-state index in [1.54, 1.807) is 6.92 Å². The van der Waals surface area contributed by atoms with E-state index in [4.69, 9.17) is 51.5 Å². The fourth-order valence-electron chi connectivity index (χ4n) is 3.67. The van der Waals surface area contributed by atoms with Crippen molar-refractivity contribution in [3.8, 4) is 0 Å². The lowest BCUT2D eigenvalue weighted by atomic mass is 10.3. The third-order valence-electron chi connectivity index (χ3n) is 4.86. The Bertz CT molecular complexity index is 1010. The summed E-state index contributed by atoms with van der Waals surface area (Å²) < 4.78 is 0. The van der Waals surface area contributed by atoms with Crippen molar-refractivity contribution in [2.75, 3.05) is 6.61 Å². The van der Waals surface area contributed by atoms with Crippen LogP contribution in [-0.4, -0.2) is 6.61 Å². The second-order valence-corrected chi connectivity index (χ2v) is 11.7. The summed E-state index contributed by atoms with van der Waals surface area (Å²) in [6, 6.07) is 31.4. The maximum absolute atomic E-state index is 8.93. The molecule has 0 heterocycles. The van der Waals surface area contributed by atoms with Gasteiger partial charge in [-0.05, 0) is 48.5 Å². The molecule has 0 N–H and O–H groups in total. The smallest absolute Gasteiger partial charge is 0.150 e. The van der Waals surface area contributed by atoms with Crippen LogP contribution in [0.15, 0.2) is 97.1 Å². The topological polar surface area (TPSA) is 23.1 Å². The van der Waals surface area contributed by atoms with Gasteiger partial charge < -0.3 is 5.11 Å². The van der Waals surface area contributed by atoms with Gasteiger partial charge in [0.15, 0.2) is 7.26 Å². The molecule has 0 saturated carbocycles. The molecule has 0 aliphatic rings. The molecule has 0 aliphatic carbocycles. The average molecular weight is 522 g/mol. The summed E-state index contributed by atoms with van der Waals surface area (Å²) >= 11 is 27.3. The lowest BCUT2D eigenvalue weighted by Crippen LogP contribution is -2.40. The summed E-state index contributed by atoms with van der Waals surface area (Å²) in [6.45, 7) is 1.57. The predicted octanol–water partition coefficient (Wildman–Crippen LogP) is 6.29. The standard InChI is InChI=1S/C24H16Cl4P.C2H5O/c25-17-9-1-5-13-21(17)29(22-14-6-2-10-18(22)26,23-15-7-3-11-19(23)27)24-16-8-4-12-20(24)28;1-2-3/h1-16H;2H2,1H3/q+1;-1. The first-order valence-electron chi connectivity index (χ1n) is 9.96. The van der Waals surface area contributed by atoms with Crippen LogP contribution in [0.5, 0.6) is 0 Å². The van der Waals surface area contributed by atoms with E-state index in [0.717, 1.165) is 21.2 Å². The fraction of sp³-hybridized carbons (Fsp3) is 0.0769. The highest BCUT2D eigenvalue weighted by atomic mass is 35.5. The molecule has 0 radical (unpaired) electrons. The third kappa shape index (κ3) is 4.85. The van der Waals surface area contributed by atoms with Crippen molar-refractivity contribution in [2.45, 2.75) is 6.92 Å². The van der Waals surface area contributed by atoms with Crippen LogP contribution in [-0.2, 0) is 0 Å². The largest absolute Gasteiger partial charge is 0.855 e. The van der Waals surface area contributed by atoms with Crippen LogP contribution in [0.1, 0.15) is 6.92 Å². The Hall–Kier alpha value is -1.57. The molecule has 0 bridgehead atoms. The fourth-order valence-corrected chi connectivity index (χ4v) is 10.1. The molecule has 6 heteroatoms. The molecular weight excluding hydrogens is 501 g/mol. The van der Waals surface area contributed by atoms with E-state index >= 15 is 0 Å². The summed E-state index contributed by atoms with van der Waals surface area (Å²) in [5, 5.41) is 15.4. The van der Waals surface area contributed by atoms with Crippen LogP contribution in [0.2, 0.25) is 20.1 Å². The van der Waals surface area contributed by atoms with Crippen molar-refractivity contribution in [3.05, 3.63) is 117 Å². The van der Waals surface area contributed by atoms with Crippen LogP contribution in [0, 0.1) is 0 Å². The quantitative estimate of drug-likeness (QED) is 0.289. The Labute approximate surface area is 209 Å². The Morgan fingerprint density at radius 3 is 0.875 bits per heavy atom. The van der Waals surface area contributed by atoms with E-state index < -0.39 is 7.26 Å². The van der Waals surface area contributed by atoms with Crippen LogP contribution in [0.3, 0.4) is 0 Å². The van der Waals surface area contributed by atoms with Gasteiger partial charge in [0, 0.05) is 0 Å². The first-order valence-corrected chi connectivity index (χ1v) is 13.3. The Kier molecular flexibility index (Phi) is 9.03. The zero-order valence-corrected chi connectivity index (χ0v) is 21.2. The van der Waals surface area contributed by atoms with Crippen LogP contribution in [0.25, 0.3) is 0 Å². The number of hydrogen-bond donors (Lipinski definition) is 0. The van der Waals surface area contributed by atoms with Gasteiger partial charge in [0.1, 0.15) is 21.2 Å². The normalized spacial score (nSPS) is 10.9. The predicted molar refractivity (Wildman–Crippen MR) is 142 cm³/mol. The highest BCUT2D eigenvalue weighted by molar-refractivity contribution is 8.02. The maximum atomic E-state index is 8.93. The van der Waals surface area contributed by atoms with Crippen molar-refractivity contribution in [2.24, 2.45) is 0 Å². The third-order valence-corrected chi connectivity index (χ3v) is 11.2. The van der Waals surface area contributed by atoms with E-state index in [-0.39, 0.29) is 6.61 Å². The maximum Gasteiger partial charge on any atom is 0.150 e. The summed E-state index contributed by atoms with van der Waals surface area (Å²) in [7, 11) is -2.58. The minimum atomic E-state index is -2.58. The monoisotopic (exact) mass is 520 g/mol. The van der Waals surface area contributed by atoms with E-state index in [1.165, 1.54) is 0 Å². The van der Waals surface area contributed by atoms with Gasteiger partial charge in [0.25, 0.3) is 0 Å². The van der Waals surface area contributed by atoms with Crippen molar-refractivity contribution in [3.63, 3.8) is 0 Å². The minimum absolute atomic E-state index is 0. The molecule has 0 fully saturated rings. The Morgan fingerprint density at radius 1 is 0.500 bits per heavy atom. The highest BCUT2D eigenvalue weighted by Crippen LogP contribution is 2.59. The Balaban J connectivity index is 0.000000913. The molecule has 0 amide bonds. The number of hydrogen-bond acceptors (Lipinski definition) is 1. The van der Waals surface area contributed by atoms with Gasteiger partial charge in [-0.25, -0.2) is 0 Å². The molecule has 4 aromatic carbocycles. The lowest BCUT2D eigenvalue weighted by Gasteiger charge is -2.30. The van der Waals surface area contributed by atoms with Crippen LogP contribution >= 0.6 is 53.7 Å².